The molecule has 140 valence electrons. The van der Waals surface area contributed by atoms with E-state index in [2.05, 4.69) is 30.1 Å². The summed E-state index contributed by atoms with van der Waals surface area (Å²) in [5.74, 6) is 1.76. The molecule has 0 aromatic rings. The number of fused-ring (bicyclic) bond motifs is 1. The summed E-state index contributed by atoms with van der Waals surface area (Å²) in [4.78, 5) is 14.3. The molecule has 5 rings (SSSR count). The van der Waals surface area contributed by atoms with E-state index in [1.54, 1.807) is 12.5 Å². The second-order valence-corrected chi connectivity index (χ2v) is 9.44. The number of carbonyl (C=O) groups is 1. The topological polar surface area (TPSA) is 41.6 Å². The third-order valence-electron chi connectivity index (χ3n) is 7.63. The van der Waals surface area contributed by atoms with E-state index in [4.69, 9.17) is 4.74 Å². The lowest BCUT2D eigenvalue weighted by molar-refractivity contribution is -0.149. The Labute approximate surface area is 152 Å². The molecule has 2 saturated carbocycles. The van der Waals surface area contributed by atoms with Gasteiger partial charge in [-0.2, -0.15) is 0 Å². The van der Waals surface area contributed by atoms with Crippen LogP contribution in [0.25, 0.3) is 0 Å². The van der Waals surface area contributed by atoms with Gasteiger partial charge in [0.05, 0.1) is 12.6 Å². The van der Waals surface area contributed by atoms with Gasteiger partial charge in [-0.1, -0.05) is 38.3 Å². The molecule has 4 aliphatic carbocycles. The van der Waals surface area contributed by atoms with Gasteiger partial charge in [0.25, 0.3) is 0 Å². The van der Waals surface area contributed by atoms with Gasteiger partial charge in [-0.15, -0.1) is 0 Å². The highest BCUT2D eigenvalue weighted by atomic mass is 16.5. The van der Waals surface area contributed by atoms with Crippen LogP contribution in [0, 0.1) is 17.3 Å². The van der Waals surface area contributed by atoms with E-state index in [1.807, 2.05) is 0 Å². The zero-order valence-corrected chi connectivity index (χ0v) is 16.1. The number of rotatable bonds is 3. The van der Waals surface area contributed by atoms with Gasteiger partial charge in [0.2, 0.25) is 5.91 Å². The van der Waals surface area contributed by atoms with Crippen molar-refractivity contribution in [2.24, 2.45) is 17.3 Å². The highest BCUT2D eigenvalue weighted by molar-refractivity contribution is 5.73. The van der Waals surface area contributed by atoms with Crippen LogP contribution in [0.15, 0.2) is 11.6 Å². The lowest BCUT2D eigenvalue weighted by Crippen LogP contribution is -2.64. The third-order valence-corrected chi connectivity index (χ3v) is 7.63. The highest BCUT2D eigenvalue weighted by Crippen LogP contribution is 2.59. The molecule has 1 amide bonds. The average molecular weight is 347 g/mol. The van der Waals surface area contributed by atoms with E-state index < -0.39 is 0 Å². The van der Waals surface area contributed by atoms with Crippen LogP contribution in [-0.2, 0) is 9.53 Å². The van der Waals surface area contributed by atoms with Crippen molar-refractivity contribution in [1.29, 1.82) is 0 Å². The summed E-state index contributed by atoms with van der Waals surface area (Å²) in [7, 11) is 0. The van der Waals surface area contributed by atoms with Gasteiger partial charge in [0.15, 0.2) is 0 Å². The molecule has 25 heavy (non-hydrogen) atoms. The monoisotopic (exact) mass is 346 g/mol. The summed E-state index contributed by atoms with van der Waals surface area (Å²) in [5, 5.41) is 3.19. The van der Waals surface area contributed by atoms with Gasteiger partial charge in [0, 0.05) is 26.6 Å². The summed E-state index contributed by atoms with van der Waals surface area (Å²) >= 11 is 0. The van der Waals surface area contributed by atoms with E-state index in [9.17, 15) is 4.79 Å². The molecule has 1 N–H and O–H groups in total. The molecule has 1 spiro atoms. The molecule has 0 unspecified atom stereocenters. The number of amides is 1. The highest BCUT2D eigenvalue weighted by Gasteiger charge is 2.52. The van der Waals surface area contributed by atoms with Crippen LogP contribution < -0.4 is 5.32 Å². The Morgan fingerprint density at radius 3 is 2.96 bits per heavy atom. The standard InChI is InChI=1S/C21H34N2O2/c1-15(24)22-19-6-4-5-9-21(19)14-23(10-11-25-21)13-16-7-8-17-12-18(16)20(17,2)3/h7,17-19H,4-6,8-14H2,1-3H3,(H,22,24)/t17-,18-,19+,21-/m0/s1. The van der Waals surface area contributed by atoms with Crippen LogP contribution in [0.5, 0.6) is 0 Å². The minimum Gasteiger partial charge on any atom is -0.370 e. The number of ether oxygens (including phenoxy) is 1. The summed E-state index contributed by atoms with van der Waals surface area (Å²) in [6.07, 6.45) is 9.71. The summed E-state index contributed by atoms with van der Waals surface area (Å²) in [5.41, 5.74) is 1.99. The van der Waals surface area contributed by atoms with E-state index in [0.717, 1.165) is 50.9 Å². The van der Waals surface area contributed by atoms with Gasteiger partial charge in [0.1, 0.15) is 5.60 Å². The Bertz CT molecular complexity index is 566. The van der Waals surface area contributed by atoms with Gasteiger partial charge < -0.3 is 10.1 Å². The van der Waals surface area contributed by atoms with Crippen LogP contribution in [0.3, 0.4) is 0 Å². The number of morpholine rings is 1. The number of allylic oxidation sites excluding steroid dienone is 1. The Morgan fingerprint density at radius 2 is 2.24 bits per heavy atom. The second-order valence-electron chi connectivity index (χ2n) is 9.44. The van der Waals surface area contributed by atoms with Crippen molar-refractivity contribution in [3.63, 3.8) is 0 Å². The zero-order chi connectivity index (χ0) is 17.7. The molecule has 3 fully saturated rings. The summed E-state index contributed by atoms with van der Waals surface area (Å²) in [6.45, 7) is 10.4. The first-order valence-corrected chi connectivity index (χ1v) is 10.2. The predicted octanol–water partition coefficient (Wildman–Crippen LogP) is 3.13. The maximum Gasteiger partial charge on any atom is 0.217 e. The average Bonchev–Trinajstić information content (AvgIpc) is 2.57. The first-order valence-electron chi connectivity index (χ1n) is 10.2. The number of hydrogen-bond acceptors (Lipinski definition) is 3. The molecule has 0 radical (unpaired) electrons. The van der Waals surface area contributed by atoms with Crippen molar-refractivity contribution in [2.75, 3.05) is 26.2 Å². The van der Waals surface area contributed by atoms with E-state index >= 15 is 0 Å². The molecule has 5 aliphatic rings. The number of carbonyl (C=O) groups excluding carboxylic acids is 1. The lowest BCUT2D eigenvalue weighted by atomic mass is 9.49. The molecule has 0 aromatic carbocycles. The smallest absolute Gasteiger partial charge is 0.217 e. The Hall–Kier alpha value is -0.870. The van der Waals surface area contributed by atoms with Gasteiger partial charge >= 0.3 is 0 Å². The lowest BCUT2D eigenvalue weighted by Gasteiger charge is -2.57. The van der Waals surface area contributed by atoms with Gasteiger partial charge in [-0.05, 0) is 42.9 Å². The predicted molar refractivity (Wildman–Crippen MR) is 99.3 cm³/mol. The summed E-state index contributed by atoms with van der Waals surface area (Å²) in [6, 6.07) is 0.173. The van der Waals surface area contributed by atoms with Crippen molar-refractivity contribution < 1.29 is 9.53 Å². The first kappa shape index (κ1) is 17.5. The molecule has 2 bridgehead atoms. The molecule has 1 aliphatic heterocycles. The van der Waals surface area contributed by atoms with E-state index in [0.29, 0.717) is 5.41 Å². The largest absolute Gasteiger partial charge is 0.370 e. The minimum absolute atomic E-state index is 0.0734. The fraction of sp³-hybridized carbons (Fsp3) is 0.857. The van der Waals surface area contributed by atoms with E-state index in [-0.39, 0.29) is 17.6 Å². The van der Waals surface area contributed by atoms with Crippen molar-refractivity contribution in [3.05, 3.63) is 11.6 Å². The van der Waals surface area contributed by atoms with Crippen LogP contribution in [0.4, 0.5) is 0 Å². The zero-order valence-electron chi connectivity index (χ0n) is 16.1. The maximum absolute atomic E-state index is 11.7. The molecule has 1 heterocycles. The molecule has 1 saturated heterocycles. The minimum atomic E-state index is -0.172. The van der Waals surface area contributed by atoms with Crippen molar-refractivity contribution in [2.45, 2.75) is 70.9 Å². The quantitative estimate of drug-likeness (QED) is 0.798. The first-order chi connectivity index (χ1) is 11.9. The fourth-order valence-corrected chi connectivity index (χ4v) is 5.95. The summed E-state index contributed by atoms with van der Waals surface area (Å²) < 4.78 is 6.34. The molecule has 4 nitrogen and oxygen atoms in total. The van der Waals surface area contributed by atoms with Gasteiger partial charge in [-0.3, -0.25) is 9.69 Å². The van der Waals surface area contributed by atoms with Crippen LogP contribution in [0.1, 0.15) is 59.3 Å². The number of nitrogens with one attached hydrogen (secondary N) is 1. The van der Waals surface area contributed by atoms with Crippen LogP contribution in [0.2, 0.25) is 0 Å². The third kappa shape index (κ3) is 3.06. The Kier molecular flexibility index (Phi) is 4.48. The number of hydrogen-bond donors (Lipinski definition) is 1. The fourth-order valence-electron chi connectivity index (χ4n) is 5.95. The molecule has 4 atom stereocenters. The SMILES string of the molecule is CC(=O)N[C@@H]1CCCC[C@]12CN(CC1=CC[C@H]3C[C@@H]1C3(C)C)CCO2. The normalized spacial score (nSPS) is 40.3. The molecule has 4 heteroatoms. The molecular formula is C21H34N2O2. The van der Waals surface area contributed by atoms with Crippen molar-refractivity contribution in [3.8, 4) is 0 Å². The second kappa shape index (κ2) is 6.38. The van der Waals surface area contributed by atoms with Crippen molar-refractivity contribution >= 4 is 5.91 Å². The van der Waals surface area contributed by atoms with E-state index in [1.165, 1.54) is 25.7 Å². The van der Waals surface area contributed by atoms with Gasteiger partial charge in [-0.25, -0.2) is 0 Å². The number of nitrogens with zero attached hydrogens (tertiary/aromatic N) is 1. The van der Waals surface area contributed by atoms with Crippen LogP contribution in [-0.4, -0.2) is 48.7 Å². The Morgan fingerprint density at radius 1 is 1.40 bits per heavy atom. The molecule has 0 aromatic heterocycles. The van der Waals surface area contributed by atoms with Crippen molar-refractivity contribution in [1.82, 2.24) is 10.2 Å². The van der Waals surface area contributed by atoms with Crippen LogP contribution >= 0.6 is 0 Å². The molecular weight excluding hydrogens is 312 g/mol. The maximum atomic E-state index is 11.7. The Balaban J connectivity index is 1.45.